The van der Waals surface area contributed by atoms with Crippen molar-refractivity contribution in [3.05, 3.63) is 29.8 Å². The molecule has 4 nitrogen and oxygen atoms in total. The lowest BCUT2D eigenvalue weighted by Gasteiger charge is -2.09. The van der Waals surface area contributed by atoms with Crippen LogP contribution >= 0.6 is 0 Å². The number of rotatable bonds is 7. The first-order valence-corrected chi connectivity index (χ1v) is 6.35. The van der Waals surface area contributed by atoms with E-state index in [0.29, 0.717) is 17.2 Å². The van der Waals surface area contributed by atoms with Crippen molar-refractivity contribution in [3.63, 3.8) is 0 Å². The van der Waals surface area contributed by atoms with Crippen LogP contribution in [0.5, 0.6) is 5.75 Å². The lowest BCUT2D eigenvalue weighted by Crippen LogP contribution is -2.22. The fourth-order valence-electron chi connectivity index (χ4n) is 1.60. The highest BCUT2D eigenvalue weighted by molar-refractivity contribution is 5.93. The Bertz CT molecular complexity index is 360. The maximum Gasteiger partial charge on any atom is 0.276 e. The topological polar surface area (TPSA) is 49.8 Å². The summed E-state index contributed by atoms with van der Waals surface area (Å²) in [6.07, 6.45) is 4.68. The molecule has 0 aliphatic rings. The molecule has 0 radical (unpaired) electrons. The molecule has 0 saturated heterocycles. The summed E-state index contributed by atoms with van der Waals surface area (Å²) in [7, 11) is 1.31. The molecule has 0 heterocycles. The van der Waals surface area contributed by atoms with Gasteiger partial charge in [0.05, 0.1) is 6.61 Å². The Kier molecular flexibility index (Phi) is 6.22. The maximum atomic E-state index is 11.4. The summed E-state index contributed by atoms with van der Waals surface area (Å²) in [6, 6.07) is 6.79. The molecule has 0 aliphatic heterocycles. The molecule has 0 spiro atoms. The molecule has 1 N–H and O–H groups in total. The summed E-state index contributed by atoms with van der Waals surface area (Å²) in [4.78, 5) is 11.4. The van der Waals surface area contributed by atoms with Crippen molar-refractivity contribution in [1.29, 1.82) is 0 Å². The van der Waals surface area contributed by atoms with E-state index in [1.54, 1.807) is 24.3 Å². The molecule has 1 rings (SSSR count). The number of unbranched alkanes of at least 4 members (excludes halogenated alkanes) is 3. The van der Waals surface area contributed by atoms with E-state index >= 15 is 0 Å². The highest BCUT2D eigenvalue weighted by Gasteiger charge is 2.08. The summed E-state index contributed by atoms with van der Waals surface area (Å²) < 4.78 is 5.56. The van der Waals surface area contributed by atoms with Gasteiger partial charge in [-0.25, -0.2) is 5.06 Å². The van der Waals surface area contributed by atoms with E-state index in [1.165, 1.54) is 26.3 Å². The van der Waals surface area contributed by atoms with Crippen molar-refractivity contribution in [3.8, 4) is 5.75 Å². The standard InChI is InChI=1S/C14H21NO3/c1-3-4-5-6-11-18-13-9-7-12(8-10-13)14(16)15(2)17/h7-10,17H,3-6,11H2,1-2H3. The average molecular weight is 251 g/mol. The predicted octanol–water partition coefficient (Wildman–Crippen LogP) is 3.11. The summed E-state index contributed by atoms with van der Waals surface area (Å²) >= 11 is 0. The van der Waals surface area contributed by atoms with Crippen LogP contribution in [-0.2, 0) is 0 Å². The number of ether oxygens (including phenoxy) is 1. The third kappa shape index (κ3) is 4.75. The monoisotopic (exact) mass is 251 g/mol. The third-order valence-corrected chi connectivity index (χ3v) is 2.66. The summed E-state index contributed by atoms with van der Waals surface area (Å²) in [5.41, 5.74) is 0.443. The molecule has 100 valence electrons. The first kappa shape index (κ1) is 14.5. The van der Waals surface area contributed by atoms with Crippen LogP contribution in [0.15, 0.2) is 24.3 Å². The fraction of sp³-hybridized carbons (Fsp3) is 0.500. The van der Waals surface area contributed by atoms with E-state index in [0.717, 1.165) is 12.2 Å². The SMILES string of the molecule is CCCCCCOc1ccc(C(=O)N(C)O)cc1. The van der Waals surface area contributed by atoms with E-state index in [2.05, 4.69) is 6.92 Å². The summed E-state index contributed by atoms with van der Waals surface area (Å²) in [6.45, 7) is 2.88. The molecule has 1 aromatic rings. The van der Waals surface area contributed by atoms with Crippen molar-refractivity contribution in [2.75, 3.05) is 13.7 Å². The molecule has 1 aromatic carbocycles. The number of carbonyl (C=O) groups is 1. The predicted molar refractivity (Wildman–Crippen MR) is 70.0 cm³/mol. The Morgan fingerprint density at radius 3 is 2.44 bits per heavy atom. The molecular weight excluding hydrogens is 230 g/mol. The molecule has 18 heavy (non-hydrogen) atoms. The van der Waals surface area contributed by atoms with E-state index in [1.807, 2.05) is 0 Å². The Morgan fingerprint density at radius 1 is 1.22 bits per heavy atom. The van der Waals surface area contributed by atoms with Gasteiger partial charge in [-0.1, -0.05) is 26.2 Å². The van der Waals surface area contributed by atoms with Crippen molar-refractivity contribution in [2.24, 2.45) is 0 Å². The van der Waals surface area contributed by atoms with Gasteiger partial charge in [-0.15, -0.1) is 0 Å². The second-order valence-corrected chi connectivity index (χ2v) is 4.26. The number of amides is 1. The Balaban J connectivity index is 2.38. The Hall–Kier alpha value is -1.55. The minimum Gasteiger partial charge on any atom is -0.494 e. The van der Waals surface area contributed by atoms with E-state index < -0.39 is 5.91 Å². The van der Waals surface area contributed by atoms with Crippen LogP contribution in [0.25, 0.3) is 0 Å². The fourth-order valence-corrected chi connectivity index (χ4v) is 1.60. The lowest BCUT2D eigenvalue weighted by atomic mass is 10.2. The highest BCUT2D eigenvalue weighted by atomic mass is 16.5. The van der Waals surface area contributed by atoms with Crippen LogP contribution in [-0.4, -0.2) is 29.8 Å². The van der Waals surface area contributed by atoms with Gasteiger partial charge in [0.1, 0.15) is 5.75 Å². The van der Waals surface area contributed by atoms with Gasteiger partial charge >= 0.3 is 0 Å². The number of hydrogen-bond acceptors (Lipinski definition) is 3. The number of hydroxylamine groups is 2. The molecule has 1 amide bonds. The van der Waals surface area contributed by atoms with Gasteiger partial charge in [0.25, 0.3) is 5.91 Å². The average Bonchev–Trinajstić information content (AvgIpc) is 2.38. The number of hydrogen-bond donors (Lipinski definition) is 1. The Labute approximate surface area is 108 Å². The zero-order valence-corrected chi connectivity index (χ0v) is 11.1. The molecular formula is C14H21NO3. The number of benzene rings is 1. The second-order valence-electron chi connectivity index (χ2n) is 4.26. The highest BCUT2D eigenvalue weighted by Crippen LogP contribution is 2.13. The molecule has 0 bridgehead atoms. The van der Waals surface area contributed by atoms with E-state index in [9.17, 15) is 4.79 Å². The summed E-state index contributed by atoms with van der Waals surface area (Å²) in [5.74, 6) is 0.327. The summed E-state index contributed by atoms with van der Waals surface area (Å²) in [5, 5.41) is 9.59. The third-order valence-electron chi connectivity index (χ3n) is 2.66. The van der Waals surface area contributed by atoms with Gasteiger partial charge in [-0.3, -0.25) is 10.0 Å². The van der Waals surface area contributed by atoms with Crippen LogP contribution < -0.4 is 4.74 Å². The van der Waals surface area contributed by atoms with Gasteiger partial charge in [0.15, 0.2) is 0 Å². The second kappa shape index (κ2) is 7.71. The van der Waals surface area contributed by atoms with Crippen molar-refractivity contribution in [2.45, 2.75) is 32.6 Å². The largest absolute Gasteiger partial charge is 0.494 e. The molecule has 4 heteroatoms. The van der Waals surface area contributed by atoms with Crippen molar-refractivity contribution >= 4 is 5.91 Å². The zero-order valence-electron chi connectivity index (χ0n) is 11.1. The van der Waals surface area contributed by atoms with Gasteiger partial charge in [-0.05, 0) is 30.7 Å². The number of nitrogens with zero attached hydrogens (tertiary/aromatic N) is 1. The lowest BCUT2D eigenvalue weighted by molar-refractivity contribution is -0.0374. The van der Waals surface area contributed by atoms with Gasteiger partial charge < -0.3 is 4.74 Å². The van der Waals surface area contributed by atoms with Crippen molar-refractivity contribution in [1.82, 2.24) is 5.06 Å². The van der Waals surface area contributed by atoms with Crippen LogP contribution in [0, 0.1) is 0 Å². The van der Waals surface area contributed by atoms with Crippen LogP contribution in [0.4, 0.5) is 0 Å². The van der Waals surface area contributed by atoms with Crippen LogP contribution in [0.1, 0.15) is 43.0 Å². The molecule has 0 saturated carbocycles. The zero-order chi connectivity index (χ0) is 13.4. The minimum absolute atomic E-state index is 0.426. The molecule has 0 aliphatic carbocycles. The van der Waals surface area contributed by atoms with Gasteiger partial charge in [-0.2, -0.15) is 0 Å². The first-order chi connectivity index (χ1) is 8.65. The maximum absolute atomic E-state index is 11.4. The quantitative estimate of drug-likeness (QED) is 0.460. The van der Waals surface area contributed by atoms with E-state index in [-0.39, 0.29) is 0 Å². The van der Waals surface area contributed by atoms with Crippen LogP contribution in [0.3, 0.4) is 0 Å². The minimum atomic E-state index is -0.426. The molecule has 0 fully saturated rings. The molecule has 0 atom stereocenters. The van der Waals surface area contributed by atoms with Crippen molar-refractivity contribution < 1.29 is 14.7 Å². The molecule has 0 unspecified atom stereocenters. The van der Waals surface area contributed by atoms with Gasteiger partial charge in [0, 0.05) is 12.6 Å². The molecule has 0 aromatic heterocycles. The normalized spacial score (nSPS) is 10.2. The van der Waals surface area contributed by atoms with E-state index in [4.69, 9.17) is 9.94 Å². The first-order valence-electron chi connectivity index (χ1n) is 6.35. The van der Waals surface area contributed by atoms with Gasteiger partial charge in [0.2, 0.25) is 0 Å². The Morgan fingerprint density at radius 2 is 1.89 bits per heavy atom. The smallest absolute Gasteiger partial charge is 0.276 e. The van der Waals surface area contributed by atoms with Crippen LogP contribution in [0.2, 0.25) is 0 Å². The number of carbonyl (C=O) groups excluding carboxylic acids is 1.